The highest BCUT2D eigenvalue weighted by molar-refractivity contribution is 5.17. The molecule has 0 aromatic carbocycles. The number of hydrogen-bond donors (Lipinski definition) is 1. The Hall–Kier alpha value is -1.16. The maximum absolute atomic E-state index is 5.24. The molecule has 1 saturated carbocycles. The molecule has 1 aliphatic rings. The Bertz CT molecular complexity index is 366. The summed E-state index contributed by atoms with van der Waals surface area (Å²) in [7, 11) is 1.65. The summed E-state index contributed by atoms with van der Waals surface area (Å²) in [6.07, 6.45) is 9.42. The van der Waals surface area contributed by atoms with Gasteiger partial charge in [-0.2, -0.15) is 0 Å². The summed E-state index contributed by atoms with van der Waals surface area (Å²) in [4.78, 5) is 8.56. The number of aryl methyl sites for hydroxylation is 1. The van der Waals surface area contributed by atoms with Crippen LogP contribution in [0.1, 0.15) is 38.3 Å². The van der Waals surface area contributed by atoms with Gasteiger partial charge in [-0.3, -0.25) is 4.98 Å². The maximum atomic E-state index is 5.24. The second kappa shape index (κ2) is 6.69. The Balaban J connectivity index is 1.88. The van der Waals surface area contributed by atoms with Crippen LogP contribution in [0, 0.1) is 5.92 Å². The molecule has 1 unspecified atom stereocenters. The average Bonchev–Trinajstić information content (AvgIpc) is 3.24. The minimum Gasteiger partial charge on any atom is -0.480 e. The van der Waals surface area contributed by atoms with Crippen molar-refractivity contribution in [1.29, 1.82) is 0 Å². The largest absolute Gasteiger partial charge is 0.480 e. The van der Waals surface area contributed by atoms with E-state index in [1.807, 2.05) is 0 Å². The first-order valence-corrected chi connectivity index (χ1v) is 6.92. The zero-order valence-electron chi connectivity index (χ0n) is 11.4. The molecule has 1 N–H and O–H groups in total. The van der Waals surface area contributed by atoms with Crippen LogP contribution >= 0.6 is 0 Å². The number of rotatable bonds is 8. The van der Waals surface area contributed by atoms with E-state index < -0.39 is 0 Å². The second-order valence-electron chi connectivity index (χ2n) is 4.95. The number of aromatic nitrogens is 2. The number of nitrogens with zero attached hydrogens (tertiary/aromatic N) is 2. The number of ether oxygens (including phenoxy) is 1. The van der Waals surface area contributed by atoms with Crippen LogP contribution in [0.15, 0.2) is 12.4 Å². The predicted octanol–water partition coefficient (Wildman–Crippen LogP) is 2.20. The summed E-state index contributed by atoms with van der Waals surface area (Å²) in [6.45, 7) is 3.32. The highest BCUT2D eigenvalue weighted by Crippen LogP contribution is 2.34. The third-order valence-electron chi connectivity index (χ3n) is 3.47. The van der Waals surface area contributed by atoms with Gasteiger partial charge in [-0.25, -0.2) is 4.98 Å². The lowest BCUT2D eigenvalue weighted by Gasteiger charge is -2.17. The van der Waals surface area contributed by atoms with E-state index in [1.54, 1.807) is 19.5 Å². The quantitative estimate of drug-likeness (QED) is 0.767. The monoisotopic (exact) mass is 249 g/mol. The van der Waals surface area contributed by atoms with Crippen LogP contribution < -0.4 is 10.1 Å². The van der Waals surface area contributed by atoms with Crippen molar-refractivity contribution in [3.05, 3.63) is 18.1 Å². The van der Waals surface area contributed by atoms with Crippen molar-refractivity contribution in [1.82, 2.24) is 15.3 Å². The van der Waals surface area contributed by atoms with Gasteiger partial charge in [-0.05, 0) is 44.6 Å². The van der Waals surface area contributed by atoms with Crippen molar-refractivity contribution in [2.45, 2.75) is 45.1 Å². The Morgan fingerprint density at radius 3 is 2.83 bits per heavy atom. The zero-order chi connectivity index (χ0) is 12.8. The van der Waals surface area contributed by atoms with E-state index >= 15 is 0 Å². The SMILES string of the molecule is CCCNC(CCc1nccnc1OC)C1CC1. The normalized spacial score (nSPS) is 16.6. The summed E-state index contributed by atoms with van der Waals surface area (Å²) >= 11 is 0. The van der Waals surface area contributed by atoms with E-state index in [2.05, 4.69) is 22.2 Å². The van der Waals surface area contributed by atoms with Crippen molar-refractivity contribution in [2.75, 3.05) is 13.7 Å². The van der Waals surface area contributed by atoms with Gasteiger partial charge in [0.2, 0.25) is 5.88 Å². The van der Waals surface area contributed by atoms with E-state index in [0.717, 1.165) is 31.0 Å². The third kappa shape index (κ3) is 3.67. The Morgan fingerprint density at radius 2 is 2.17 bits per heavy atom. The van der Waals surface area contributed by atoms with Crippen molar-refractivity contribution >= 4 is 0 Å². The highest BCUT2D eigenvalue weighted by Gasteiger charge is 2.30. The van der Waals surface area contributed by atoms with Gasteiger partial charge in [0.15, 0.2) is 0 Å². The van der Waals surface area contributed by atoms with E-state index in [1.165, 1.54) is 19.3 Å². The number of methoxy groups -OCH3 is 1. The second-order valence-corrected chi connectivity index (χ2v) is 4.95. The van der Waals surface area contributed by atoms with Gasteiger partial charge in [-0.1, -0.05) is 6.92 Å². The first kappa shape index (κ1) is 13.3. The van der Waals surface area contributed by atoms with Gasteiger partial charge in [0, 0.05) is 18.4 Å². The average molecular weight is 249 g/mol. The smallest absolute Gasteiger partial charge is 0.235 e. The first-order valence-electron chi connectivity index (χ1n) is 6.92. The Kier molecular flexibility index (Phi) is 4.93. The molecule has 1 aromatic heterocycles. The zero-order valence-corrected chi connectivity index (χ0v) is 11.4. The van der Waals surface area contributed by atoms with Crippen LogP contribution in [0.4, 0.5) is 0 Å². The molecule has 0 saturated heterocycles. The Labute approximate surface area is 109 Å². The Morgan fingerprint density at radius 1 is 1.39 bits per heavy atom. The minimum atomic E-state index is 0.636. The standard InChI is InChI=1S/C14H23N3O/c1-3-8-15-12(11-4-5-11)6-7-13-14(18-2)17-10-9-16-13/h9-12,15H,3-8H2,1-2H3. The predicted molar refractivity (Wildman–Crippen MR) is 71.7 cm³/mol. The summed E-state index contributed by atoms with van der Waals surface area (Å²) < 4.78 is 5.24. The molecule has 0 aliphatic heterocycles. The summed E-state index contributed by atoms with van der Waals surface area (Å²) in [5, 5.41) is 3.65. The number of nitrogens with one attached hydrogen (secondary N) is 1. The van der Waals surface area contributed by atoms with Gasteiger partial charge in [-0.15, -0.1) is 0 Å². The molecular weight excluding hydrogens is 226 g/mol. The van der Waals surface area contributed by atoms with E-state index in [9.17, 15) is 0 Å². The van der Waals surface area contributed by atoms with Crippen LogP contribution in [0.5, 0.6) is 5.88 Å². The van der Waals surface area contributed by atoms with Gasteiger partial charge >= 0.3 is 0 Å². The minimum absolute atomic E-state index is 0.636. The van der Waals surface area contributed by atoms with Crippen LogP contribution in [0.2, 0.25) is 0 Å². The van der Waals surface area contributed by atoms with E-state index in [4.69, 9.17) is 4.74 Å². The van der Waals surface area contributed by atoms with Crippen molar-refractivity contribution < 1.29 is 4.74 Å². The van der Waals surface area contributed by atoms with E-state index in [0.29, 0.717) is 11.9 Å². The molecule has 100 valence electrons. The van der Waals surface area contributed by atoms with Crippen LogP contribution in [0.3, 0.4) is 0 Å². The van der Waals surface area contributed by atoms with Crippen molar-refractivity contribution in [3.8, 4) is 5.88 Å². The molecule has 1 aliphatic carbocycles. The molecule has 4 heteroatoms. The molecule has 1 aromatic rings. The molecule has 0 radical (unpaired) electrons. The van der Waals surface area contributed by atoms with Crippen molar-refractivity contribution in [2.24, 2.45) is 5.92 Å². The first-order chi connectivity index (χ1) is 8.85. The molecule has 0 amide bonds. The van der Waals surface area contributed by atoms with Crippen LogP contribution in [-0.2, 0) is 6.42 Å². The fraction of sp³-hybridized carbons (Fsp3) is 0.714. The van der Waals surface area contributed by atoms with Crippen LogP contribution in [0.25, 0.3) is 0 Å². The molecule has 1 heterocycles. The van der Waals surface area contributed by atoms with Gasteiger partial charge in [0.25, 0.3) is 0 Å². The summed E-state index contributed by atoms with van der Waals surface area (Å²) in [5.41, 5.74) is 0.976. The topological polar surface area (TPSA) is 47.0 Å². The molecule has 4 nitrogen and oxygen atoms in total. The number of hydrogen-bond acceptors (Lipinski definition) is 4. The van der Waals surface area contributed by atoms with Gasteiger partial charge in [0.05, 0.1) is 7.11 Å². The van der Waals surface area contributed by atoms with Gasteiger partial charge < -0.3 is 10.1 Å². The molecule has 0 spiro atoms. The van der Waals surface area contributed by atoms with Crippen molar-refractivity contribution in [3.63, 3.8) is 0 Å². The summed E-state index contributed by atoms with van der Waals surface area (Å²) in [5.74, 6) is 1.54. The molecule has 2 rings (SSSR count). The third-order valence-corrected chi connectivity index (χ3v) is 3.47. The molecule has 0 bridgehead atoms. The lowest BCUT2D eigenvalue weighted by atomic mass is 10.0. The van der Waals surface area contributed by atoms with Gasteiger partial charge in [0.1, 0.15) is 5.69 Å². The fourth-order valence-electron chi connectivity index (χ4n) is 2.32. The highest BCUT2D eigenvalue weighted by atomic mass is 16.5. The molecule has 18 heavy (non-hydrogen) atoms. The molecular formula is C14H23N3O. The van der Waals surface area contributed by atoms with E-state index in [-0.39, 0.29) is 0 Å². The summed E-state index contributed by atoms with van der Waals surface area (Å²) in [6, 6.07) is 0.636. The lowest BCUT2D eigenvalue weighted by molar-refractivity contribution is 0.382. The maximum Gasteiger partial charge on any atom is 0.235 e. The molecule has 1 fully saturated rings. The fourth-order valence-corrected chi connectivity index (χ4v) is 2.32. The van der Waals surface area contributed by atoms with Crippen LogP contribution in [-0.4, -0.2) is 29.7 Å². The lowest BCUT2D eigenvalue weighted by Crippen LogP contribution is -2.32. The molecule has 1 atom stereocenters.